The maximum absolute atomic E-state index is 11.9. The quantitative estimate of drug-likeness (QED) is 0.871. The average Bonchev–Trinajstić information content (AvgIpc) is 2.87. The molecule has 7 heteroatoms. The van der Waals surface area contributed by atoms with Gasteiger partial charge in [0.2, 0.25) is 5.91 Å². The van der Waals surface area contributed by atoms with Gasteiger partial charge in [-0.05, 0) is 12.8 Å². The van der Waals surface area contributed by atoms with Gasteiger partial charge in [0, 0.05) is 29.5 Å². The number of carbonyl (C=O) groups is 2. The molecule has 1 fully saturated rings. The summed E-state index contributed by atoms with van der Waals surface area (Å²) in [6.45, 7) is 0. The van der Waals surface area contributed by atoms with Gasteiger partial charge in [-0.25, -0.2) is 4.98 Å². The Kier molecular flexibility index (Phi) is 2.98. The van der Waals surface area contributed by atoms with Gasteiger partial charge in [0.25, 0.3) is 0 Å². The van der Waals surface area contributed by atoms with Gasteiger partial charge in [0.1, 0.15) is 0 Å². The van der Waals surface area contributed by atoms with Crippen molar-refractivity contribution in [2.24, 2.45) is 5.92 Å². The van der Waals surface area contributed by atoms with Crippen LogP contribution < -0.4 is 5.32 Å². The summed E-state index contributed by atoms with van der Waals surface area (Å²) in [5.41, 5.74) is 0.907. The fourth-order valence-corrected chi connectivity index (χ4v) is 3.13. The van der Waals surface area contributed by atoms with E-state index in [-0.39, 0.29) is 17.9 Å². The third-order valence-corrected chi connectivity index (χ3v) is 4.31. The topological polar surface area (TPSA) is 83.7 Å². The Morgan fingerprint density at radius 2 is 2.32 bits per heavy atom. The molecule has 100 valence electrons. The van der Waals surface area contributed by atoms with Gasteiger partial charge >= 0.3 is 5.97 Å². The van der Waals surface area contributed by atoms with Gasteiger partial charge in [-0.2, -0.15) is 0 Å². The molecule has 6 nitrogen and oxygen atoms in total. The molecule has 2 aromatic rings. The SMILES string of the molecule is O=C(Cc1csc2nccn12)NC1CC(C(=O)O)C1. The third kappa shape index (κ3) is 2.33. The fourth-order valence-electron chi connectivity index (χ4n) is 2.28. The number of carboxylic acid groups (broad SMARTS) is 1. The van der Waals surface area contributed by atoms with Crippen LogP contribution in [0.2, 0.25) is 0 Å². The van der Waals surface area contributed by atoms with Crippen LogP contribution in [-0.2, 0) is 16.0 Å². The molecule has 0 saturated heterocycles. The minimum Gasteiger partial charge on any atom is -0.481 e. The van der Waals surface area contributed by atoms with E-state index in [4.69, 9.17) is 5.11 Å². The molecule has 2 heterocycles. The van der Waals surface area contributed by atoms with Crippen molar-refractivity contribution in [2.75, 3.05) is 0 Å². The van der Waals surface area contributed by atoms with Gasteiger partial charge in [0.05, 0.1) is 12.3 Å². The minimum absolute atomic E-state index is 0.00511. The lowest BCUT2D eigenvalue weighted by molar-refractivity contribution is -0.146. The maximum Gasteiger partial charge on any atom is 0.306 e. The molecule has 1 saturated carbocycles. The molecule has 3 rings (SSSR count). The lowest BCUT2D eigenvalue weighted by Crippen LogP contribution is -2.47. The molecule has 1 amide bonds. The molecule has 1 aliphatic rings. The molecule has 2 aromatic heterocycles. The molecule has 0 unspecified atom stereocenters. The van der Waals surface area contributed by atoms with E-state index in [2.05, 4.69) is 10.3 Å². The molecule has 1 aliphatic carbocycles. The highest BCUT2D eigenvalue weighted by Gasteiger charge is 2.35. The Morgan fingerprint density at radius 3 is 3.05 bits per heavy atom. The van der Waals surface area contributed by atoms with Crippen molar-refractivity contribution < 1.29 is 14.7 Å². The number of thiazole rings is 1. The second kappa shape index (κ2) is 4.65. The van der Waals surface area contributed by atoms with E-state index >= 15 is 0 Å². The number of nitrogens with one attached hydrogen (secondary N) is 1. The number of hydrogen-bond donors (Lipinski definition) is 2. The molecule has 0 bridgehead atoms. The molecule has 0 atom stereocenters. The Hall–Kier alpha value is -1.89. The zero-order chi connectivity index (χ0) is 13.4. The zero-order valence-corrected chi connectivity index (χ0v) is 10.9. The first-order chi connectivity index (χ1) is 9.13. The van der Waals surface area contributed by atoms with Crippen LogP contribution in [0.3, 0.4) is 0 Å². The van der Waals surface area contributed by atoms with Crippen LogP contribution in [0.4, 0.5) is 0 Å². The standard InChI is InChI=1S/C12H13N3O3S/c16-10(14-8-3-7(4-8)11(17)18)5-9-6-19-12-13-1-2-15(9)12/h1-2,6-8H,3-5H2,(H,14,16)(H,17,18). The number of aromatic nitrogens is 2. The minimum atomic E-state index is -0.775. The first kappa shape index (κ1) is 12.2. The molecule has 0 aliphatic heterocycles. The van der Waals surface area contributed by atoms with Crippen LogP contribution in [0.5, 0.6) is 0 Å². The number of carbonyl (C=O) groups excluding carboxylic acids is 1. The van der Waals surface area contributed by atoms with Crippen LogP contribution in [-0.4, -0.2) is 32.4 Å². The molecule has 0 spiro atoms. The predicted octanol–water partition coefficient (Wildman–Crippen LogP) is 0.918. The number of carboxylic acids is 1. The van der Waals surface area contributed by atoms with Gasteiger partial charge in [0.15, 0.2) is 4.96 Å². The smallest absolute Gasteiger partial charge is 0.306 e. The van der Waals surface area contributed by atoms with E-state index in [0.29, 0.717) is 19.3 Å². The van der Waals surface area contributed by atoms with Crippen LogP contribution >= 0.6 is 11.3 Å². The average molecular weight is 279 g/mol. The van der Waals surface area contributed by atoms with Crippen molar-refractivity contribution in [3.8, 4) is 0 Å². The van der Waals surface area contributed by atoms with Crippen molar-refractivity contribution in [1.29, 1.82) is 0 Å². The monoisotopic (exact) mass is 279 g/mol. The Morgan fingerprint density at radius 1 is 1.53 bits per heavy atom. The summed E-state index contributed by atoms with van der Waals surface area (Å²) in [7, 11) is 0. The van der Waals surface area contributed by atoms with E-state index in [1.165, 1.54) is 11.3 Å². The van der Waals surface area contributed by atoms with E-state index in [9.17, 15) is 9.59 Å². The third-order valence-electron chi connectivity index (χ3n) is 3.41. The van der Waals surface area contributed by atoms with Gasteiger partial charge in [-0.3, -0.25) is 14.0 Å². The van der Waals surface area contributed by atoms with Gasteiger partial charge in [-0.15, -0.1) is 11.3 Å². The highest BCUT2D eigenvalue weighted by Crippen LogP contribution is 2.27. The Labute approximate surface area is 113 Å². The lowest BCUT2D eigenvalue weighted by Gasteiger charge is -2.32. The van der Waals surface area contributed by atoms with E-state index in [0.717, 1.165) is 10.7 Å². The maximum atomic E-state index is 11.9. The summed E-state index contributed by atoms with van der Waals surface area (Å²) in [6, 6.07) is 0.00511. The second-order valence-electron chi connectivity index (χ2n) is 4.75. The van der Waals surface area contributed by atoms with Gasteiger partial charge in [-0.1, -0.05) is 0 Å². The molecule has 19 heavy (non-hydrogen) atoms. The van der Waals surface area contributed by atoms with E-state index in [1.807, 2.05) is 16.0 Å². The largest absolute Gasteiger partial charge is 0.481 e. The van der Waals surface area contributed by atoms with Crippen LogP contribution in [0, 0.1) is 5.92 Å². The number of fused-ring (bicyclic) bond motifs is 1. The van der Waals surface area contributed by atoms with Crippen LogP contribution in [0.1, 0.15) is 18.5 Å². The van der Waals surface area contributed by atoms with Crippen molar-refractivity contribution >= 4 is 28.2 Å². The summed E-state index contributed by atoms with van der Waals surface area (Å²) in [5, 5.41) is 13.6. The summed E-state index contributed by atoms with van der Waals surface area (Å²) >= 11 is 1.50. The molecular formula is C12H13N3O3S. The molecule has 2 N–H and O–H groups in total. The zero-order valence-electron chi connectivity index (χ0n) is 10.1. The summed E-state index contributed by atoms with van der Waals surface area (Å²) in [6.07, 6.45) is 4.90. The summed E-state index contributed by atoms with van der Waals surface area (Å²) in [5.74, 6) is -1.14. The van der Waals surface area contributed by atoms with Crippen LogP contribution in [0.15, 0.2) is 17.8 Å². The molecule has 0 radical (unpaired) electrons. The number of aliphatic carboxylic acids is 1. The number of nitrogens with zero attached hydrogens (tertiary/aromatic N) is 2. The normalized spacial score (nSPS) is 22.1. The Bertz CT molecular complexity index is 627. The second-order valence-corrected chi connectivity index (χ2v) is 5.59. The first-order valence-electron chi connectivity index (χ1n) is 6.05. The first-order valence-corrected chi connectivity index (χ1v) is 6.93. The fraction of sp³-hybridized carbons (Fsp3) is 0.417. The summed E-state index contributed by atoms with van der Waals surface area (Å²) < 4.78 is 1.89. The predicted molar refractivity (Wildman–Crippen MR) is 69.1 cm³/mol. The van der Waals surface area contributed by atoms with Crippen molar-refractivity contribution in [3.05, 3.63) is 23.5 Å². The number of hydrogen-bond acceptors (Lipinski definition) is 4. The Balaban J connectivity index is 1.55. The number of imidazole rings is 1. The van der Waals surface area contributed by atoms with E-state index in [1.54, 1.807) is 6.20 Å². The highest BCUT2D eigenvalue weighted by atomic mass is 32.1. The van der Waals surface area contributed by atoms with Crippen molar-refractivity contribution in [1.82, 2.24) is 14.7 Å². The lowest BCUT2D eigenvalue weighted by atomic mass is 9.80. The van der Waals surface area contributed by atoms with Crippen molar-refractivity contribution in [2.45, 2.75) is 25.3 Å². The van der Waals surface area contributed by atoms with Gasteiger partial charge < -0.3 is 10.4 Å². The molecular weight excluding hydrogens is 266 g/mol. The highest BCUT2D eigenvalue weighted by molar-refractivity contribution is 7.15. The number of amides is 1. The van der Waals surface area contributed by atoms with Crippen LogP contribution in [0.25, 0.3) is 4.96 Å². The van der Waals surface area contributed by atoms with Crippen molar-refractivity contribution in [3.63, 3.8) is 0 Å². The number of rotatable bonds is 4. The summed E-state index contributed by atoms with van der Waals surface area (Å²) in [4.78, 5) is 27.6. The molecule has 0 aromatic carbocycles. The van der Waals surface area contributed by atoms with E-state index < -0.39 is 5.97 Å².